The van der Waals surface area contributed by atoms with Gasteiger partial charge in [0.1, 0.15) is 5.75 Å². The third kappa shape index (κ3) is 3.53. The van der Waals surface area contributed by atoms with Crippen LogP contribution in [0.1, 0.15) is 45.6 Å². The number of likely N-dealkylation sites (tertiary alicyclic amines) is 1. The van der Waals surface area contributed by atoms with Gasteiger partial charge in [-0.25, -0.2) is 4.79 Å². The number of hydrogen-bond donors (Lipinski definition) is 1. The Hall–Kier alpha value is -1.79. The minimum Gasteiger partial charge on any atom is -0.491 e. The second-order valence-electron chi connectivity index (χ2n) is 7.76. The lowest BCUT2D eigenvalue weighted by molar-refractivity contribution is 0.0220. The van der Waals surface area contributed by atoms with Gasteiger partial charge in [0, 0.05) is 44.5 Å². The molecular formula is C20H29N3O3. The number of aromatic amines is 1. The number of piperidine rings is 1. The molecule has 6 heteroatoms. The molecule has 2 fully saturated rings. The minimum absolute atomic E-state index is 0.00814. The summed E-state index contributed by atoms with van der Waals surface area (Å²) >= 11 is 0. The number of rotatable bonds is 4. The van der Waals surface area contributed by atoms with Gasteiger partial charge in [0.15, 0.2) is 0 Å². The number of imidazole rings is 1. The maximum Gasteiger partial charge on any atom is 0.326 e. The molecule has 6 nitrogen and oxygen atoms in total. The molecule has 0 aliphatic carbocycles. The summed E-state index contributed by atoms with van der Waals surface area (Å²) in [5.41, 5.74) is 1.84. The second kappa shape index (κ2) is 7.45. The molecule has 0 saturated carbocycles. The van der Waals surface area contributed by atoms with Crippen LogP contribution >= 0.6 is 0 Å². The zero-order valence-corrected chi connectivity index (χ0v) is 15.7. The molecule has 1 aromatic heterocycles. The molecule has 0 spiro atoms. The largest absolute Gasteiger partial charge is 0.491 e. The van der Waals surface area contributed by atoms with Crippen molar-refractivity contribution in [1.82, 2.24) is 14.5 Å². The first kappa shape index (κ1) is 17.6. The molecule has 0 atom stereocenters. The highest BCUT2D eigenvalue weighted by Gasteiger charge is 2.28. The van der Waals surface area contributed by atoms with E-state index in [1.165, 1.54) is 0 Å². The lowest BCUT2D eigenvalue weighted by Crippen LogP contribution is -2.45. The van der Waals surface area contributed by atoms with Crippen molar-refractivity contribution in [3.63, 3.8) is 0 Å². The van der Waals surface area contributed by atoms with Gasteiger partial charge in [-0.2, -0.15) is 0 Å². The smallest absolute Gasteiger partial charge is 0.326 e. The molecule has 142 valence electrons. The SMILES string of the molecule is CC(C)Oc1ccc2[nH]c(=O)n(C3CCN(C4CCOCC4)CC3)c2c1. The monoisotopic (exact) mass is 359 g/mol. The summed E-state index contributed by atoms with van der Waals surface area (Å²) in [6.45, 7) is 7.89. The third-order valence-corrected chi connectivity index (χ3v) is 5.63. The van der Waals surface area contributed by atoms with Crippen molar-refractivity contribution in [2.24, 2.45) is 0 Å². The van der Waals surface area contributed by atoms with Gasteiger partial charge in [0.2, 0.25) is 0 Å². The molecule has 26 heavy (non-hydrogen) atoms. The predicted octanol–water partition coefficient (Wildman–Crippen LogP) is 2.93. The Morgan fingerprint density at radius 2 is 1.85 bits per heavy atom. The normalized spacial score (nSPS) is 20.9. The highest BCUT2D eigenvalue weighted by molar-refractivity contribution is 5.77. The number of aromatic nitrogens is 2. The zero-order chi connectivity index (χ0) is 18.1. The van der Waals surface area contributed by atoms with Crippen LogP contribution in [0.2, 0.25) is 0 Å². The van der Waals surface area contributed by atoms with Crippen molar-refractivity contribution in [3.8, 4) is 5.75 Å². The molecule has 1 N–H and O–H groups in total. The Balaban J connectivity index is 1.53. The Morgan fingerprint density at radius 1 is 1.12 bits per heavy atom. The average Bonchev–Trinajstić information content (AvgIpc) is 2.97. The maximum atomic E-state index is 12.6. The van der Waals surface area contributed by atoms with Gasteiger partial charge >= 0.3 is 5.69 Å². The molecule has 2 aliphatic heterocycles. The Bertz CT molecular complexity index is 796. The van der Waals surface area contributed by atoms with Crippen LogP contribution in [0, 0.1) is 0 Å². The zero-order valence-electron chi connectivity index (χ0n) is 15.7. The first-order valence-corrected chi connectivity index (χ1v) is 9.84. The van der Waals surface area contributed by atoms with Crippen LogP contribution in [-0.4, -0.2) is 52.9 Å². The average molecular weight is 359 g/mol. The summed E-state index contributed by atoms with van der Waals surface area (Å²) < 4.78 is 13.3. The summed E-state index contributed by atoms with van der Waals surface area (Å²) in [6.07, 6.45) is 4.41. The number of ether oxygens (including phenoxy) is 2. The molecule has 0 radical (unpaired) electrons. The van der Waals surface area contributed by atoms with Crippen LogP contribution in [0.5, 0.6) is 5.75 Å². The summed E-state index contributed by atoms with van der Waals surface area (Å²) in [4.78, 5) is 18.2. The van der Waals surface area contributed by atoms with E-state index in [0.717, 1.165) is 68.8 Å². The van der Waals surface area contributed by atoms with E-state index in [4.69, 9.17) is 9.47 Å². The van der Waals surface area contributed by atoms with Gasteiger partial charge in [-0.3, -0.25) is 4.57 Å². The van der Waals surface area contributed by atoms with Crippen LogP contribution in [0.15, 0.2) is 23.0 Å². The fourth-order valence-electron chi connectivity index (χ4n) is 4.37. The van der Waals surface area contributed by atoms with E-state index in [9.17, 15) is 4.79 Å². The van der Waals surface area contributed by atoms with Crippen molar-refractivity contribution >= 4 is 11.0 Å². The van der Waals surface area contributed by atoms with Crippen LogP contribution in [0.25, 0.3) is 11.0 Å². The standard InChI is InChI=1S/C20H29N3O3/c1-14(2)26-17-3-4-18-19(13-17)23(20(24)21-18)16-5-9-22(10-6-16)15-7-11-25-12-8-15/h3-4,13-16H,5-12H2,1-2H3,(H,21,24). The molecule has 3 heterocycles. The maximum absolute atomic E-state index is 12.6. The lowest BCUT2D eigenvalue weighted by atomic mass is 9.99. The van der Waals surface area contributed by atoms with E-state index in [1.807, 2.05) is 36.6 Å². The molecule has 0 bridgehead atoms. The molecule has 0 amide bonds. The molecule has 2 aliphatic rings. The summed E-state index contributed by atoms with van der Waals surface area (Å²) in [7, 11) is 0. The van der Waals surface area contributed by atoms with E-state index in [0.29, 0.717) is 6.04 Å². The van der Waals surface area contributed by atoms with Crippen molar-refractivity contribution in [2.45, 2.75) is 57.7 Å². The predicted molar refractivity (Wildman–Crippen MR) is 102 cm³/mol. The Morgan fingerprint density at radius 3 is 2.54 bits per heavy atom. The van der Waals surface area contributed by atoms with E-state index in [1.54, 1.807) is 0 Å². The molecule has 4 rings (SSSR count). The van der Waals surface area contributed by atoms with Crippen LogP contribution in [0.4, 0.5) is 0 Å². The highest BCUT2D eigenvalue weighted by atomic mass is 16.5. The van der Waals surface area contributed by atoms with Crippen molar-refractivity contribution < 1.29 is 9.47 Å². The Kier molecular flexibility index (Phi) is 5.05. The number of nitrogens with zero attached hydrogens (tertiary/aromatic N) is 2. The number of H-pyrrole nitrogens is 1. The molecule has 2 aromatic rings. The Labute approximate surface area is 154 Å². The van der Waals surface area contributed by atoms with E-state index in [2.05, 4.69) is 9.88 Å². The van der Waals surface area contributed by atoms with Crippen LogP contribution in [0.3, 0.4) is 0 Å². The van der Waals surface area contributed by atoms with Crippen molar-refractivity contribution in [3.05, 3.63) is 28.7 Å². The van der Waals surface area contributed by atoms with Gasteiger partial charge < -0.3 is 19.4 Å². The van der Waals surface area contributed by atoms with Gasteiger partial charge in [-0.1, -0.05) is 0 Å². The first-order chi connectivity index (χ1) is 12.6. The number of benzene rings is 1. The molecule has 1 aromatic carbocycles. The van der Waals surface area contributed by atoms with Crippen LogP contribution in [-0.2, 0) is 4.74 Å². The minimum atomic E-state index is -0.00814. The van der Waals surface area contributed by atoms with E-state index in [-0.39, 0.29) is 17.8 Å². The lowest BCUT2D eigenvalue weighted by Gasteiger charge is -2.39. The van der Waals surface area contributed by atoms with E-state index < -0.39 is 0 Å². The molecule has 0 unspecified atom stereocenters. The molecule has 2 saturated heterocycles. The topological polar surface area (TPSA) is 59.5 Å². The summed E-state index contributed by atoms with van der Waals surface area (Å²) in [5.74, 6) is 0.819. The van der Waals surface area contributed by atoms with Crippen molar-refractivity contribution in [2.75, 3.05) is 26.3 Å². The number of hydrogen-bond acceptors (Lipinski definition) is 4. The summed E-state index contributed by atoms with van der Waals surface area (Å²) in [5, 5.41) is 0. The quantitative estimate of drug-likeness (QED) is 0.912. The third-order valence-electron chi connectivity index (χ3n) is 5.63. The fraction of sp³-hybridized carbons (Fsp3) is 0.650. The van der Waals surface area contributed by atoms with Gasteiger partial charge in [0.25, 0.3) is 0 Å². The second-order valence-corrected chi connectivity index (χ2v) is 7.76. The van der Waals surface area contributed by atoms with Crippen molar-refractivity contribution in [1.29, 1.82) is 0 Å². The first-order valence-electron chi connectivity index (χ1n) is 9.84. The van der Waals surface area contributed by atoms with Gasteiger partial charge in [-0.05, 0) is 51.7 Å². The number of nitrogens with one attached hydrogen (secondary N) is 1. The van der Waals surface area contributed by atoms with Crippen LogP contribution < -0.4 is 10.4 Å². The van der Waals surface area contributed by atoms with Gasteiger partial charge in [-0.15, -0.1) is 0 Å². The summed E-state index contributed by atoms with van der Waals surface area (Å²) in [6, 6.07) is 6.77. The highest BCUT2D eigenvalue weighted by Crippen LogP contribution is 2.29. The molecular weight excluding hydrogens is 330 g/mol. The number of fused-ring (bicyclic) bond motifs is 1. The fourth-order valence-corrected chi connectivity index (χ4v) is 4.37. The van der Waals surface area contributed by atoms with Gasteiger partial charge in [0.05, 0.1) is 17.1 Å². The van der Waals surface area contributed by atoms with E-state index >= 15 is 0 Å².